The average Bonchev–Trinajstić information content (AvgIpc) is 1.99. The third-order valence-electron chi connectivity index (χ3n) is 1.12. The predicted octanol–water partition coefficient (Wildman–Crippen LogP) is 0.217. The van der Waals surface area contributed by atoms with Gasteiger partial charge in [-0.2, -0.15) is 0 Å². The van der Waals surface area contributed by atoms with Crippen molar-refractivity contribution in [3.63, 3.8) is 0 Å². The van der Waals surface area contributed by atoms with Gasteiger partial charge in [-0.3, -0.25) is 9.63 Å². The van der Waals surface area contributed by atoms with Crippen molar-refractivity contribution in [2.75, 3.05) is 13.2 Å². The van der Waals surface area contributed by atoms with Gasteiger partial charge in [-0.05, 0) is 6.42 Å². The molecule has 0 rings (SSSR count). The van der Waals surface area contributed by atoms with Crippen LogP contribution in [0.5, 0.6) is 0 Å². The van der Waals surface area contributed by atoms with Crippen LogP contribution in [0.3, 0.4) is 0 Å². The number of amides is 1. The highest BCUT2D eigenvalue weighted by molar-refractivity contribution is 5.74. The van der Waals surface area contributed by atoms with E-state index in [1.165, 1.54) is 0 Å². The standard InChI is InChI=1S/C7H15NO3/c1-2-3-6-11-8-7(10)4-5-9/h9H,2-6H2,1H3,(H,8,10). The molecule has 0 unspecified atom stereocenters. The van der Waals surface area contributed by atoms with E-state index < -0.39 is 0 Å². The SMILES string of the molecule is CCCCONC(=O)CCO. The molecule has 0 aromatic rings. The Bertz CT molecular complexity index is 106. The lowest BCUT2D eigenvalue weighted by atomic mass is 10.4. The molecular formula is C7H15NO3. The van der Waals surface area contributed by atoms with Gasteiger partial charge < -0.3 is 5.11 Å². The van der Waals surface area contributed by atoms with Crippen LogP contribution in [-0.2, 0) is 9.63 Å². The molecular weight excluding hydrogens is 146 g/mol. The van der Waals surface area contributed by atoms with E-state index in [9.17, 15) is 4.79 Å². The lowest BCUT2D eigenvalue weighted by Crippen LogP contribution is -2.24. The summed E-state index contributed by atoms with van der Waals surface area (Å²) in [6.45, 7) is 2.44. The van der Waals surface area contributed by atoms with Gasteiger partial charge in [-0.1, -0.05) is 13.3 Å². The second-order valence-electron chi connectivity index (χ2n) is 2.20. The fourth-order valence-corrected chi connectivity index (χ4v) is 0.501. The largest absolute Gasteiger partial charge is 0.396 e. The maximum atomic E-state index is 10.6. The number of rotatable bonds is 6. The first-order valence-electron chi connectivity index (χ1n) is 3.82. The van der Waals surface area contributed by atoms with E-state index in [0.29, 0.717) is 6.61 Å². The highest BCUT2D eigenvalue weighted by Crippen LogP contribution is 1.85. The molecule has 0 aromatic heterocycles. The van der Waals surface area contributed by atoms with Gasteiger partial charge in [0.2, 0.25) is 5.91 Å². The lowest BCUT2D eigenvalue weighted by molar-refractivity contribution is -0.134. The van der Waals surface area contributed by atoms with E-state index in [4.69, 9.17) is 9.94 Å². The Morgan fingerprint density at radius 2 is 2.36 bits per heavy atom. The van der Waals surface area contributed by atoms with Crippen LogP contribution < -0.4 is 5.48 Å². The topological polar surface area (TPSA) is 58.6 Å². The van der Waals surface area contributed by atoms with Gasteiger partial charge in [0.25, 0.3) is 0 Å². The summed E-state index contributed by atoms with van der Waals surface area (Å²) in [5.41, 5.74) is 2.22. The number of aliphatic hydroxyl groups excluding tert-OH is 1. The molecule has 0 atom stereocenters. The summed E-state index contributed by atoms with van der Waals surface area (Å²) < 4.78 is 0. The van der Waals surface area contributed by atoms with Crippen LogP contribution in [0, 0.1) is 0 Å². The van der Waals surface area contributed by atoms with Crippen LogP contribution in [0.1, 0.15) is 26.2 Å². The molecule has 0 aliphatic rings. The number of aliphatic hydroxyl groups is 1. The van der Waals surface area contributed by atoms with Crippen molar-refractivity contribution in [2.24, 2.45) is 0 Å². The molecule has 0 aromatic carbocycles. The van der Waals surface area contributed by atoms with Gasteiger partial charge in [0.05, 0.1) is 19.6 Å². The minimum atomic E-state index is -0.274. The molecule has 0 radical (unpaired) electrons. The normalized spacial score (nSPS) is 9.64. The lowest BCUT2D eigenvalue weighted by Gasteiger charge is -2.02. The second-order valence-corrected chi connectivity index (χ2v) is 2.20. The summed E-state index contributed by atoms with van der Waals surface area (Å²) in [5.74, 6) is -0.274. The Balaban J connectivity index is 3.04. The van der Waals surface area contributed by atoms with Crippen LogP contribution >= 0.6 is 0 Å². The summed E-state index contributed by atoms with van der Waals surface area (Å²) in [6.07, 6.45) is 2.07. The third-order valence-corrected chi connectivity index (χ3v) is 1.12. The minimum Gasteiger partial charge on any atom is -0.396 e. The number of hydroxylamine groups is 1. The summed E-state index contributed by atoms with van der Waals surface area (Å²) in [4.78, 5) is 15.4. The van der Waals surface area contributed by atoms with E-state index in [2.05, 4.69) is 5.48 Å². The van der Waals surface area contributed by atoms with E-state index in [1.807, 2.05) is 6.92 Å². The smallest absolute Gasteiger partial charge is 0.245 e. The Kier molecular flexibility index (Phi) is 7.08. The summed E-state index contributed by atoms with van der Waals surface area (Å²) >= 11 is 0. The van der Waals surface area contributed by atoms with Crippen molar-refractivity contribution in [1.82, 2.24) is 5.48 Å². The Labute approximate surface area is 66.5 Å². The van der Waals surface area contributed by atoms with E-state index >= 15 is 0 Å². The quantitative estimate of drug-likeness (QED) is 0.432. The first-order valence-corrected chi connectivity index (χ1v) is 3.82. The monoisotopic (exact) mass is 161 g/mol. The van der Waals surface area contributed by atoms with Crippen molar-refractivity contribution in [1.29, 1.82) is 0 Å². The zero-order valence-corrected chi connectivity index (χ0v) is 6.80. The van der Waals surface area contributed by atoms with Gasteiger partial charge in [0.15, 0.2) is 0 Å². The molecule has 0 aliphatic heterocycles. The number of unbranched alkanes of at least 4 members (excludes halogenated alkanes) is 1. The van der Waals surface area contributed by atoms with Crippen molar-refractivity contribution >= 4 is 5.91 Å². The second kappa shape index (κ2) is 7.50. The molecule has 11 heavy (non-hydrogen) atoms. The van der Waals surface area contributed by atoms with Crippen LogP contribution in [0.4, 0.5) is 0 Å². The Morgan fingerprint density at radius 1 is 1.64 bits per heavy atom. The van der Waals surface area contributed by atoms with E-state index in [1.54, 1.807) is 0 Å². The van der Waals surface area contributed by atoms with Gasteiger partial charge >= 0.3 is 0 Å². The van der Waals surface area contributed by atoms with Gasteiger partial charge in [-0.15, -0.1) is 0 Å². The maximum absolute atomic E-state index is 10.6. The molecule has 0 fully saturated rings. The highest BCUT2D eigenvalue weighted by Gasteiger charge is 1.97. The molecule has 0 spiro atoms. The molecule has 0 saturated carbocycles. The Morgan fingerprint density at radius 3 is 2.91 bits per heavy atom. The van der Waals surface area contributed by atoms with Gasteiger partial charge in [-0.25, -0.2) is 5.48 Å². The number of hydrogen-bond acceptors (Lipinski definition) is 3. The van der Waals surface area contributed by atoms with Crippen LogP contribution in [-0.4, -0.2) is 24.2 Å². The summed E-state index contributed by atoms with van der Waals surface area (Å²) in [6, 6.07) is 0. The molecule has 4 heteroatoms. The molecule has 66 valence electrons. The number of carbonyl (C=O) groups excluding carboxylic acids is 1. The van der Waals surface area contributed by atoms with Crippen LogP contribution in [0.15, 0.2) is 0 Å². The number of hydrogen-bond donors (Lipinski definition) is 2. The zero-order valence-electron chi connectivity index (χ0n) is 6.80. The fourth-order valence-electron chi connectivity index (χ4n) is 0.501. The van der Waals surface area contributed by atoms with Crippen molar-refractivity contribution in [3.05, 3.63) is 0 Å². The first kappa shape index (κ1) is 10.4. The van der Waals surface area contributed by atoms with E-state index in [0.717, 1.165) is 12.8 Å². The third kappa shape index (κ3) is 7.29. The number of carbonyl (C=O) groups is 1. The Hall–Kier alpha value is -0.610. The maximum Gasteiger partial charge on any atom is 0.245 e. The molecule has 4 nitrogen and oxygen atoms in total. The number of nitrogens with one attached hydrogen (secondary N) is 1. The molecule has 0 heterocycles. The van der Waals surface area contributed by atoms with Crippen molar-refractivity contribution < 1.29 is 14.7 Å². The predicted molar refractivity (Wildman–Crippen MR) is 40.7 cm³/mol. The average molecular weight is 161 g/mol. The molecule has 2 N–H and O–H groups in total. The molecule has 1 amide bonds. The summed E-state index contributed by atoms with van der Waals surface area (Å²) in [5, 5.41) is 8.32. The fraction of sp³-hybridized carbons (Fsp3) is 0.857. The van der Waals surface area contributed by atoms with E-state index in [-0.39, 0.29) is 18.9 Å². The van der Waals surface area contributed by atoms with Crippen LogP contribution in [0.2, 0.25) is 0 Å². The van der Waals surface area contributed by atoms with Crippen molar-refractivity contribution in [2.45, 2.75) is 26.2 Å². The van der Waals surface area contributed by atoms with Crippen molar-refractivity contribution in [3.8, 4) is 0 Å². The minimum absolute atomic E-state index is 0.103. The highest BCUT2D eigenvalue weighted by atomic mass is 16.6. The molecule has 0 aliphatic carbocycles. The summed E-state index contributed by atoms with van der Waals surface area (Å²) in [7, 11) is 0. The zero-order chi connectivity index (χ0) is 8.53. The van der Waals surface area contributed by atoms with Crippen LogP contribution in [0.25, 0.3) is 0 Å². The van der Waals surface area contributed by atoms with Gasteiger partial charge in [0.1, 0.15) is 0 Å². The first-order chi connectivity index (χ1) is 5.31. The molecule has 0 saturated heterocycles. The van der Waals surface area contributed by atoms with Gasteiger partial charge in [0, 0.05) is 0 Å². The molecule has 0 bridgehead atoms.